The quantitative estimate of drug-likeness (QED) is 0.533. The normalized spacial score (nSPS) is 21.6. The summed E-state index contributed by atoms with van der Waals surface area (Å²) in [5, 5.41) is 15.6. The number of nitrogens with one attached hydrogen (secondary N) is 1. The monoisotopic (exact) mass is 193 g/mol. The van der Waals surface area contributed by atoms with Crippen molar-refractivity contribution in [1.82, 2.24) is 19.7 Å². The minimum absolute atomic E-state index is 0.250. The Morgan fingerprint density at radius 3 is 3.00 bits per heavy atom. The molecule has 0 aromatic carbocycles. The van der Waals surface area contributed by atoms with Crippen LogP contribution in [-0.4, -0.2) is 32.0 Å². The van der Waals surface area contributed by atoms with E-state index in [4.69, 9.17) is 5.41 Å². The van der Waals surface area contributed by atoms with Gasteiger partial charge in [0.25, 0.3) is 0 Å². The van der Waals surface area contributed by atoms with Gasteiger partial charge in [-0.25, -0.2) is 0 Å². The molecule has 0 radical (unpaired) electrons. The molecule has 1 N–H and O–H groups in total. The van der Waals surface area contributed by atoms with Crippen molar-refractivity contribution in [3.05, 3.63) is 12.2 Å². The molecule has 1 aromatic rings. The molecule has 0 bridgehead atoms. The van der Waals surface area contributed by atoms with Gasteiger partial charge in [-0.2, -0.15) is 0 Å². The van der Waals surface area contributed by atoms with E-state index in [0.29, 0.717) is 5.84 Å². The average Bonchev–Trinajstić information content (AvgIpc) is 2.70. The van der Waals surface area contributed by atoms with Gasteiger partial charge in [-0.15, -0.1) is 10.2 Å². The highest BCUT2D eigenvalue weighted by Crippen LogP contribution is 2.29. The molecule has 1 aliphatic rings. The Hall–Kier alpha value is -1.39. The van der Waals surface area contributed by atoms with Crippen LogP contribution < -0.4 is 0 Å². The third-order valence-electron chi connectivity index (χ3n) is 2.73. The standard InChI is InChI=1S/C9H15N5/c1-7(10)14-5-3-4-8(14)9-12-11-6-13(9)2/h6,8,10H,3-5H2,1-2H3. The lowest BCUT2D eigenvalue weighted by Gasteiger charge is -2.24. The van der Waals surface area contributed by atoms with Gasteiger partial charge < -0.3 is 9.47 Å². The van der Waals surface area contributed by atoms with Crippen molar-refractivity contribution in [2.24, 2.45) is 7.05 Å². The van der Waals surface area contributed by atoms with E-state index in [2.05, 4.69) is 15.1 Å². The van der Waals surface area contributed by atoms with Gasteiger partial charge in [-0.1, -0.05) is 0 Å². The van der Waals surface area contributed by atoms with E-state index in [-0.39, 0.29) is 6.04 Å². The van der Waals surface area contributed by atoms with Gasteiger partial charge in [-0.05, 0) is 19.8 Å². The van der Waals surface area contributed by atoms with Gasteiger partial charge in [0.15, 0.2) is 5.82 Å². The fourth-order valence-corrected chi connectivity index (χ4v) is 2.03. The fraction of sp³-hybridized carbons (Fsp3) is 0.667. The zero-order valence-electron chi connectivity index (χ0n) is 8.56. The second kappa shape index (κ2) is 3.40. The Kier molecular flexibility index (Phi) is 2.23. The molecule has 1 saturated heterocycles. The molecule has 0 spiro atoms. The molecule has 0 amide bonds. The molecule has 0 saturated carbocycles. The summed E-state index contributed by atoms with van der Waals surface area (Å²) in [5.74, 6) is 1.59. The second-order valence-electron chi connectivity index (χ2n) is 3.74. The van der Waals surface area contributed by atoms with E-state index in [1.807, 2.05) is 18.5 Å². The third-order valence-corrected chi connectivity index (χ3v) is 2.73. The topological polar surface area (TPSA) is 57.8 Å². The van der Waals surface area contributed by atoms with Crippen LogP contribution in [0.2, 0.25) is 0 Å². The first-order valence-corrected chi connectivity index (χ1v) is 4.86. The van der Waals surface area contributed by atoms with Crippen molar-refractivity contribution in [3.63, 3.8) is 0 Å². The number of nitrogens with zero attached hydrogens (tertiary/aromatic N) is 4. The van der Waals surface area contributed by atoms with Crippen LogP contribution in [0.5, 0.6) is 0 Å². The number of aryl methyl sites for hydroxylation is 1. The van der Waals surface area contributed by atoms with Crippen molar-refractivity contribution in [2.45, 2.75) is 25.8 Å². The molecule has 1 unspecified atom stereocenters. The Bertz CT molecular complexity index is 343. The summed E-state index contributed by atoms with van der Waals surface area (Å²) in [6.07, 6.45) is 3.92. The van der Waals surface area contributed by atoms with Crippen LogP contribution in [0.25, 0.3) is 0 Å². The first kappa shape index (κ1) is 9.18. The zero-order valence-corrected chi connectivity index (χ0v) is 8.56. The molecule has 76 valence electrons. The fourth-order valence-electron chi connectivity index (χ4n) is 2.03. The molecular weight excluding hydrogens is 178 g/mol. The predicted molar refractivity (Wildman–Crippen MR) is 53.1 cm³/mol. The highest BCUT2D eigenvalue weighted by Gasteiger charge is 2.29. The lowest BCUT2D eigenvalue weighted by molar-refractivity contribution is 0.372. The molecule has 14 heavy (non-hydrogen) atoms. The van der Waals surface area contributed by atoms with Gasteiger partial charge in [0.05, 0.1) is 11.9 Å². The minimum Gasteiger partial charge on any atom is -0.351 e. The van der Waals surface area contributed by atoms with Crippen LogP contribution in [0, 0.1) is 5.41 Å². The molecule has 0 aliphatic carbocycles. The van der Waals surface area contributed by atoms with Crippen LogP contribution in [0.4, 0.5) is 0 Å². The molecule has 5 heteroatoms. The molecule has 1 atom stereocenters. The highest BCUT2D eigenvalue weighted by molar-refractivity contribution is 5.77. The summed E-state index contributed by atoms with van der Waals surface area (Å²) in [6.45, 7) is 2.79. The smallest absolute Gasteiger partial charge is 0.155 e. The Morgan fingerprint density at radius 2 is 2.43 bits per heavy atom. The van der Waals surface area contributed by atoms with Crippen LogP contribution in [0.1, 0.15) is 31.6 Å². The maximum Gasteiger partial charge on any atom is 0.155 e. The van der Waals surface area contributed by atoms with Crippen molar-refractivity contribution in [1.29, 1.82) is 5.41 Å². The number of hydrogen-bond acceptors (Lipinski definition) is 3. The van der Waals surface area contributed by atoms with Crippen molar-refractivity contribution >= 4 is 5.84 Å². The lowest BCUT2D eigenvalue weighted by Crippen LogP contribution is -2.29. The maximum atomic E-state index is 7.66. The molecule has 1 fully saturated rings. The molecule has 2 heterocycles. The largest absolute Gasteiger partial charge is 0.351 e. The third kappa shape index (κ3) is 1.38. The predicted octanol–water partition coefficient (Wildman–Crippen LogP) is 0.949. The van der Waals surface area contributed by atoms with Crippen molar-refractivity contribution < 1.29 is 0 Å². The summed E-state index contributed by atoms with van der Waals surface area (Å²) in [7, 11) is 1.95. The molecule has 1 aliphatic heterocycles. The van der Waals surface area contributed by atoms with Crippen LogP contribution >= 0.6 is 0 Å². The van der Waals surface area contributed by atoms with Gasteiger partial charge >= 0.3 is 0 Å². The van der Waals surface area contributed by atoms with Gasteiger partial charge in [0, 0.05) is 13.6 Å². The van der Waals surface area contributed by atoms with Crippen molar-refractivity contribution in [3.8, 4) is 0 Å². The molecule has 5 nitrogen and oxygen atoms in total. The number of rotatable bonds is 1. The number of likely N-dealkylation sites (tertiary alicyclic amines) is 1. The summed E-state index contributed by atoms with van der Waals surface area (Å²) >= 11 is 0. The highest BCUT2D eigenvalue weighted by atomic mass is 15.3. The van der Waals surface area contributed by atoms with Crippen LogP contribution in [-0.2, 0) is 7.05 Å². The minimum atomic E-state index is 0.250. The van der Waals surface area contributed by atoms with Gasteiger partial charge in [0.1, 0.15) is 6.33 Å². The van der Waals surface area contributed by atoms with Crippen molar-refractivity contribution in [2.75, 3.05) is 6.54 Å². The SMILES string of the molecule is CC(=N)N1CCCC1c1nncn1C. The Labute approximate surface area is 83.3 Å². The van der Waals surface area contributed by atoms with Gasteiger partial charge in [0.2, 0.25) is 0 Å². The zero-order chi connectivity index (χ0) is 10.1. The Balaban J connectivity index is 2.26. The van der Waals surface area contributed by atoms with Crippen LogP contribution in [0.15, 0.2) is 6.33 Å². The maximum absolute atomic E-state index is 7.66. The number of hydrogen-bond donors (Lipinski definition) is 1. The first-order chi connectivity index (χ1) is 6.70. The van der Waals surface area contributed by atoms with E-state index in [1.165, 1.54) is 0 Å². The summed E-state index contributed by atoms with van der Waals surface area (Å²) in [5.41, 5.74) is 0. The average molecular weight is 193 g/mol. The second-order valence-corrected chi connectivity index (χ2v) is 3.74. The van der Waals surface area contributed by atoms with E-state index < -0.39 is 0 Å². The molecular formula is C9H15N5. The Morgan fingerprint density at radius 1 is 1.64 bits per heavy atom. The number of aromatic nitrogens is 3. The van der Waals surface area contributed by atoms with Gasteiger partial charge in [-0.3, -0.25) is 5.41 Å². The van der Waals surface area contributed by atoms with E-state index in [9.17, 15) is 0 Å². The number of amidine groups is 1. The lowest BCUT2D eigenvalue weighted by atomic mass is 10.2. The molecule has 1 aromatic heterocycles. The van der Waals surface area contributed by atoms with E-state index in [1.54, 1.807) is 6.33 Å². The van der Waals surface area contributed by atoms with Crippen LogP contribution in [0.3, 0.4) is 0 Å². The molecule has 2 rings (SSSR count). The van der Waals surface area contributed by atoms with E-state index >= 15 is 0 Å². The first-order valence-electron chi connectivity index (χ1n) is 4.86. The summed E-state index contributed by atoms with van der Waals surface area (Å²) in [6, 6.07) is 0.250. The summed E-state index contributed by atoms with van der Waals surface area (Å²) in [4.78, 5) is 2.09. The summed E-state index contributed by atoms with van der Waals surface area (Å²) < 4.78 is 1.94. The van der Waals surface area contributed by atoms with E-state index in [0.717, 1.165) is 25.2 Å².